The number of nitrogens with zero attached hydrogens (tertiary/aromatic N) is 1. The topological polar surface area (TPSA) is 40.5 Å². The molecule has 0 aromatic heterocycles. The number of aliphatic carboxylic acids is 1. The fourth-order valence-electron chi connectivity index (χ4n) is 3.03. The highest BCUT2D eigenvalue weighted by atomic mass is 16.4. The molecule has 1 aliphatic rings. The first-order chi connectivity index (χ1) is 8.41. The Bertz CT molecular complexity index is 250. The van der Waals surface area contributed by atoms with Crippen molar-refractivity contribution in [1.82, 2.24) is 4.90 Å². The van der Waals surface area contributed by atoms with Gasteiger partial charge >= 0.3 is 5.97 Å². The molecule has 0 radical (unpaired) electrons. The molecule has 0 aliphatic heterocycles. The molecular formula is C15H29NO2. The van der Waals surface area contributed by atoms with Crippen molar-refractivity contribution in [1.29, 1.82) is 0 Å². The van der Waals surface area contributed by atoms with Crippen molar-refractivity contribution in [3.8, 4) is 0 Å². The quantitative estimate of drug-likeness (QED) is 0.833. The van der Waals surface area contributed by atoms with Crippen molar-refractivity contribution in [2.24, 2.45) is 0 Å². The lowest BCUT2D eigenvalue weighted by atomic mass is 9.92. The number of carbonyl (C=O) groups is 1. The highest BCUT2D eigenvalue weighted by molar-refractivity contribution is 5.66. The van der Waals surface area contributed by atoms with Crippen LogP contribution in [0.2, 0.25) is 0 Å². The van der Waals surface area contributed by atoms with Crippen molar-refractivity contribution in [3.05, 3.63) is 0 Å². The molecule has 0 aromatic rings. The second-order valence-electron chi connectivity index (χ2n) is 6.51. The van der Waals surface area contributed by atoms with E-state index in [0.29, 0.717) is 12.6 Å². The molecule has 3 heteroatoms. The number of hydrogen-bond acceptors (Lipinski definition) is 2. The first-order valence-corrected chi connectivity index (χ1v) is 7.40. The standard InChI is InChI=1S/C15H29NO2/c1-15(2,3)16(12-11-14(17)18)13-9-7-5-4-6-8-10-13/h13H,4-12H2,1-3H3,(H,17,18). The Morgan fingerprint density at radius 3 is 2.06 bits per heavy atom. The molecule has 106 valence electrons. The van der Waals surface area contributed by atoms with Crippen molar-refractivity contribution in [2.75, 3.05) is 6.54 Å². The van der Waals surface area contributed by atoms with E-state index in [1.807, 2.05) is 0 Å². The molecule has 1 N–H and O–H groups in total. The van der Waals surface area contributed by atoms with Crippen LogP contribution >= 0.6 is 0 Å². The summed E-state index contributed by atoms with van der Waals surface area (Å²) in [7, 11) is 0. The number of hydrogen-bond donors (Lipinski definition) is 1. The average Bonchev–Trinajstić information content (AvgIpc) is 2.18. The number of carboxylic acid groups (broad SMARTS) is 1. The zero-order chi connectivity index (χ0) is 13.6. The first kappa shape index (κ1) is 15.5. The molecule has 0 aromatic carbocycles. The molecule has 1 rings (SSSR count). The van der Waals surface area contributed by atoms with Crippen LogP contribution in [-0.4, -0.2) is 34.1 Å². The lowest BCUT2D eigenvalue weighted by Gasteiger charge is -2.42. The Morgan fingerprint density at radius 1 is 1.11 bits per heavy atom. The number of carboxylic acids is 1. The van der Waals surface area contributed by atoms with Crippen LogP contribution in [0.3, 0.4) is 0 Å². The van der Waals surface area contributed by atoms with Crippen LogP contribution in [0.5, 0.6) is 0 Å². The largest absolute Gasteiger partial charge is 0.481 e. The summed E-state index contributed by atoms with van der Waals surface area (Å²) >= 11 is 0. The van der Waals surface area contributed by atoms with Crippen molar-refractivity contribution in [2.45, 2.75) is 83.7 Å². The van der Waals surface area contributed by atoms with Gasteiger partial charge in [0.2, 0.25) is 0 Å². The van der Waals surface area contributed by atoms with Gasteiger partial charge in [0.25, 0.3) is 0 Å². The van der Waals surface area contributed by atoms with Crippen LogP contribution < -0.4 is 0 Å². The summed E-state index contributed by atoms with van der Waals surface area (Å²) in [5.74, 6) is -0.685. The summed E-state index contributed by atoms with van der Waals surface area (Å²) in [6.07, 6.45) is 9.37. The molecule has 0 heterocycles. The normalized spacial score (nSPS) is 19.6. The highest BCUT2D eigenvalue weighted by Gasteiger charge is 2.28. The van der Waals surface area contributed by atoms with E-state index in [0.717, 1.165) is 0 Å². The van der Waals surface area contributed by atoms with Gasteiger partial charge in [-0.1, -0.05) is 32.1 Å². The molecule has 1 fully saturated rings. The molecule has 1 saturated carbocycles. The predicted octanol–water partition coefficient (Wildman–Crippen LogP) is 3.67. The summed E-state index contributed by atoms with van der Waals surface area (Å²) in [6.45, 7) is 7.29. The van der Waals surface area contributed by atoms with E-state index in [-0.39, 0.29) is 12.0 Å². The van der Waals surface area contributed by atoms with Crippen LogP contribution in [0.4, 0.5) is 0 Å². The van der Waals surface area contributed by atoms with Crippen LogP contribution in [0, 0.1) is 0 Å². The molecule has 0 spiro atoms. The Morgan fingerprint density at radius 2 is 1.61 bits per heavy atom. The van der Waals surface area contributed by atoms with Gasteiger partial charge in [-0.05, 0) is 33.6 Å². The van der Waals surface area contributed by atoms with E-state index in [1.54, 1.807) is 0 Å². The molecule has 0 bridgehead atoms. The van der Waals surface area contributed by atoms with Gasteiger partial charge in [-0.15, -0.1) is 0 Å². The van der Waals surface area contributed by atoms with E-state index >= 15 is 0 Å². The van der Waals surface area contributed by atoms with Gasteiger partial charge in [0.05, 0.1) is 6.42 Å². The zero-order valence-electron chi connectivity index (χ0n) is 12.2. The van der Waals surface area contributed by atoms with Crippen LogP contribution in [0.25, 0.3) is 0 Å². The van der Waals surface area contributed by atoms with Crippen molar-refractivity contribution >= 4 is 5.97 Å². The van der Waals surface area contributed by atoms with Gasteiger partial charge in [0.15, 0.2) is 0 Å². The molecular weight excluding hydrogens is 226 g/mol. The molecule has 0 unspecified atom stereocenters. The monoisotopic (exact) mass is 255 g/mol. The predicted molar refractivity (Wildman–Crippen MR) is 74.8 cm³/mol. The second kappa shape index (κ2) is 7.13. The van der Waals surface area contributed by atoms with Gasteiger partial charge < -0.3 is 5.11 Å². The lowest BCUT2D eigenvalue weighted by molar-refractivity contribution is -0.137. The van der Waals surface area contributed by atoms with Gasteiger partial charge in [-0.25, -0.2) is 0 Å². The van der Waals surface area contributed by atoms with Crippen molar-refractivity contribution in [3.63, 3.8) is 0 Å². The minimum Gasteiger partial charge on any atom is -0.481 e. The smallest absolute Gasteiger partial charge is 0.304 e. The Hall–Kier alpha value is -0.570. The third-order valence-corrected chi connectivity index (χ3v) is 3.94. The molecule has 1 aliphatic carbocycles. The average molecular weight is 255 g/mol. The van der Waals surface area contributed by atoms with Crippen LogP contribution in [-0.2, 0) is 4.79 Å². The Balaban J connectivity index is 2.63. The van der Waals surface area contributed by atoms with Crippen molar-refractivity contribution < 1.29 is 9.90 Å². The maximum atomic E-state index is 10.8. The third-order valence-electron chi connectivity index (χ3n) is 3.94. The first-order valence-electron chi connectivity index (χ1n) is 7.40. The van der Waals surface area contributed by atoms with E-state index < -0.39 is 5.97 Å². The molecule has 3 nitrogen and oxygen atoms in total. The minimum absolute atomic E-state index is 0.0688. The SMILES string of the molecule is CC(C)(C)N(CCC(=O)O)C1CCCCCCC1. The van der Waals surface area contributed by atoms with Gasteiger partial charge in [-0.3, -0.25) is 9.69 Å². The fourth-order valence-corrected chi connectivity index (χ4v) is 3.03. The van der Waals surface area contributed by atoms with Gasteiger partial charge in [0, 0.05) is 18.1 Å². The summed E-state index contributed by atoms with van der Waals surface area (Å²) in [6, 6.07) is 0.574. The maximum absolute atomic E-state index is 10.8. The molecule has 0 saturated heterocycles. The zero-order valence-corrected chi connectivity index (χ0v) is 12.2. The summed E-state index contributed by atoms with van der Waals surface area (Å²) < 4.78 is 0. The van der Waals surface area contributed by atoms with Crippen LogP contribution in [0.15, 0.2) is 0 Å². The van der Waals surface area contributed by atoms with E-state index in [9.17, 15) is 4.79 Å². The molecule has 0 atom stereocenters. The van der Waals surface area contributed by atoms with E-state index in [4.69, 9.17) is 5.11 Å². The molecule has 0 amide bonds. The second-order valence-corrected chi connectivity index (χ2v) is 6.51. The maximum Gasteiger partial charge on any atom is 0.304 e. The van der Waals surface area contributed by atoms with E-state index in [1.165, 1.54) is 44.9 Å². The lowest BCUT2D eigenvalue weighted by Crippen LogP contribution is -2.49. The number of rotatable bonds is 4. The fraction of sp³-hybridized carbons (Fsp3) is 0.933. The Kier molecular flexibility index (Phi) is 6.13. The summed E-state index contributed by atoms with van der Waals surface area (Å²) in [5, 5.41) is 8.90. The summed E-state index contributed by atoms with van der Waals surface area (Å²) in [4.78, 5) is 13.2. The van der Waals surface area contributed by atoms with Crippen LogP contribution in [0.1, 0.15) is 72.1 Å². The summed E-state index contributed by atoms with van der Waals surface area (Å²) in [5.41, 5.74) is 0.0688. The van der Waals surface area contributed by atoms with E-state index in [2.05, 4.69) is 25.7 Å². The highest BCUT2D eigenvalue weighted by Crippen LogP contribution is 2.27. The minimum atomic E-state index is -0.685. The third kappa shape index (κ3) is 5.38. The molecule has 18 heavy (non-hydrogen) atoms. The Labute approximate surface area is 112 Å². The van der Waals surface area contributed by atoms with Gasteiger partial charge in [-0.2, -0.15) is 0 Å². The van der Waals surface area contributed by atoms with Gasteiger partial charge in [0.1, 0.15) is 0 Å².